The lowest BCUT2D eigenvalue weighted by Gasteiger charge is -2.15. The molecule has 0 aliphatic heterocycles. The number of likely N-dealkylation sites (N-methyl/N-ethyl adjacent to an activating group) is 1. The van der Waals surface area contributed by atoms with Gasteiger partial charge in [0.05, 0.1) is 10.2 Å². The number of nitrogens with one attached hydrogen (secondary N) is 1. The van der Waals surface area contributed by atoms with Gasteiger partial charge in [-0.15, -0.1) is 0 Å². The van der Waals surface area contributed by atoms with Crippen molar-refractivity contribution >= 4 is 26.7 Å². The normalized spacial score (nSPS) is 15.6. The molecular weight excluding hydrogens is 230 g/mol. The highest BCUT2D eigenvalue weighted by atomic mass is 32.1. The zero-order valence-electron chi connectivity index (χ0n) is 10.0. The van der Waals surface area contributed by atoms with Crippen molar-refractivity contribution in [1.29, 1.82) is 0 Å². The van der Waals surface area contributed by atoms with E-state index in [9.17, 15) is 0 Å². The summed E-state index contributed by atoms with van der Waals surface area (Å²) in [6.45, 7) is 2.08. The van der Waals surface area contributed by atoms with Gasteiger partial charge in [0.15, 0.2) is 5.13 Å². The number of hydrogen-bond acceptors (Lipinski definition) is 4. The third-order valence-electron chi connectivity index (χ3n) is 3.20. The molecule has 17 heavy (non-hydrogen) atoms. The van der Waals surface area contributed by atoms with Gasteiger partial charge in [0.2, 0.25) is 0 Å². The molecule has 0 unspecified atom stereocenters. The number of benzene rings is 1. The second kappa shape index (κ2) is 4.63. The van der Waals surface area contributed by atoms with E-state index in [0.717, 1.165) is 29.8 Å². The molecule has 1 aliphatic carbocycles. The van der Waals surface area contributed by atoms with Crippen LogP contribution in [-0.2, 0) is 0 Å². The van der Waals surface area contributed by atoms with Crippen molar-refractivity contribution < 1.29 is 0 Å². The van der Waals surface area contributed by atoms with Crippen molar-refractivity contribution in [3.8, 4) is 0 Å². The van der Waals surface area contributed by atoms with Crippen molar-refractivity contribution in [3.63, 3.8) is 0 Å². The largest absolute Gasteiger partial charge is 0.360 e. The number of hydrogen-bond donors (Lipinski definition) is 1. The third-order valence-corrected chi connectivity index (χ3v) is 4.20. The van der Waals surface area contributed by atoms with Crippen molar-refractivity contribution in [3.05, 3.63) is 24.3 Å². The molecule has 1 heterocycles. The molecule has 0 atom stereocenters. The third kappa shape index (κ3) is 2.58. The molecule has 1 aromatic heterocycles. The number of fused-ring (bicyclic) bond motifs is 1. The Bertz CT molecular complexity index is 471. The van der Waals surface area contributed by atoms with Crippen molar-refractivity contribution in [2.24, 2.45) is 0 Å². The Balaban J connectivity index is 1.57. The molecule has 1 aromatic carbocycles. The zero-order chi connectivity index (χ0) is 11.7. The molecule has 4 heteroatoms. The van der Waals surface area contributed by atoms with E-state index in [-0.39, 0.29) is 0 Å². The fourth-order valence-corrected chi connectivity index (χ4v) is 2.88. The van der Waals surface area contributed by atoms with Crippen LogP contribution in [-0.4, -0.2) is 36.1 Å². The van der Waals surface area contributed by atoms with Gasteiger partial charge < -0.3 is 10.2 Å². The van der Waals surface area contributed by atoms with Crippen LogP contribution < -0.4 is 5.32 Å². The van der Waals surface area contributed by atoms with Crippen molar-refractivity contribution in [2.75, 3.05) is 25.5 Å². The SMILES string of the molecule is CN(CCNc1nc2ccccc2s1)C1CC1. The lowest BCUT2D eigenvalue weighted by atomic mass is 10.3. The van der Waals surface area contributed by atoms with E-state index < -0.39 is 0 Å². The first-order valence-corrected chi connectivity index (χ1v) is 6.94. The van der Waals surface area contributed by atoms with Gasteiger partial charge in [0.1, 0.15) is 0 Å². The van der Waals surface area contributed by atoms with E-state index >= 15 is 0 Å². The van der Waals surface area contributed by atoms with E-state index in [1.165, 1.54) is 17.5 Å². The van der Waals surface area contributed by atoms with Gasteiger partial charge in [-0.25, -0.2) is 4.98 Å². The average molecular weight is 247 g/mol. The first-order valence-electron chi connectivity index (χ1n) is 6.12. The van der Waals surface area contributed by atoms with Gasteiger partial charge in [0, 0.05) is 19.1 Å². The second-order valence-corrected chi connectivity index (χ2v) is 5.66. The van der Waals surface area contributed by atoms with Gasteiger partial charge in [0.25, 0.3) is 0 Å². The number of para-hydroxylation sites is 1. The van der Waals surface area contributed by atoms with Gasteiger partial charge in [-0.3, -0.25) is 0 Å². The van der Waals surface area contributed by atoms with E-state index in [2.05, 4.69) is 40.4 Å². The average Bonchev–Trinajstić information content (AvgIpc) is 3.09. The summed E-state index contributed by atoms with van der Waals surface area (Å²) >= 11 is 1.73. The monoisotopic (exact) mass is 247 g/mol. The maximum atomic E-state index is 4.56. The van der Waals surface area contributed by atoms with Gasteiger partial charge in [-0.2, -0.15) is 0 Å². The van der Waals surface area contributed by atoms with Crippen LogP contribution in [0.2, 0.25) is 0 Å². The highest BCUT2D eigenvalue weighted by Crippen LogP contribution is 2.26. The maximum absolute atomic E-state index is 4.56. The number of anilines is 1. The summed E-state index contributed by atoms with van der Waals surface area (Å²) in [5.41, 5.74) is 1.09. The van der Waals surface area contributed by atoms with Crippen molar-refractivity contribution in [1.82, 2.24) is 9.88 Å². The molecule has 0 bridgehead atoms. The Hall–Kier alpha value is -1.13. The number of nitrogens with zero attached hydrogens (tertiary/aromatic N) is 2. The minimum Gasteiger partial charge on any atom is -0.360 e. The summed E-state index contributed by atoms with van der Waals surface area (Å²) < 4.78 is 1.26. The molecule has 0 radical (unpaired) electrons. The van der Waals surface area contributed by atoms with E-state index in [4.69, 9.17) is 0 Å². The quantitative estimate of drug-likeness (QED) is 0.880. The summed E-state index contributed by atoms with van der Waals surface area (Å²) in [6, 6.07) is 9.12. The molecule has 90 valence electrons. The number of rotatable bonds is 5. The summed E-state index contributed by atoms with van der Waals surface area (Å²) in [5.74, 6) is 0. The first-order chi connectivity index (χ1) is 8.33. The smallest absolute Gasteiger partial charge is 0.183 e. The predicted molar refractivity (Wildman–Crippen MR) is 73.8 cm³/mol. The first kappa shape index (κ1) is 11.0. The molecule has 3 nitrogen and oxygen atoms in total. The maximum Gasteiger partial charge on any atom is 0.183 e. The molecule has 0 spiro atoms. The number of aromatic nitrogens is 1. The van der Waals surface area contributed by atoms with Crippen LogP contribution in [0.1, 0.15) is 12.8 Å². The number of thiazole rings is 1. The Morgan fingerprint density at radius 1 is 1.41 bits per heavy atom. The van der Waals surface area contributed by atoms with Crippen LogP contribution in [0.4, 0.5) is 5.13 Å². The topological polar surface area (TPSA) is 28.2 Å². The van der Waals surface area contributed by atoms with Gasteiger partial charge in [-0.1, -0.05) is 23.5 Å². The van der Waals surface area contributed by atoms with Crippen LogP contribution in [0.5, 0.6) is 0 Å². The summed E-state index contributed by atoms with van der Waals surface area (Å²) in [6.07, 6.45) is 2.75. The zero-order valence-corrected chi connectivity index (χ0v) is 10.8. The van der Waals surface area contributed by atoms with Crippen molar-refractivity contribution in [2.45, 2.75) is 18.9 Å². The summed E-state index contributed by atoms with van der Waals surface area (Å²) in [5, 5.41) is 4.45. The van der Waals surface area contributed by atoms with Crippen LogP contribution in [0.15, 0.2) is 24.3 Å². The summed E-state index contributed by atoms with van der Waals surface area (Å²) in [4.78, 5) is 6.99. The molecule has 1 saturated carbocycles. The van der Waals surface area contributed by atoms with Crippen LogP contribution in [0.25, 0.3) is 10.2 Å². The fourth-order valence-electron chi connectivity index (χ4n) is 1.98. The summed E-state index contributed by atoms with van der Waals surface area (Å²) in [7, 11) is 2.21. The Kier molecular flexibility index (Phi) is 2.99. The second-order valence-electron chi connectivity index (χ2n) is 4.63. The molecule has 3 rings (SSSR count). The molecule has 1 aliphatic rings. The van der Waals surface area contributed by atoms with Gasteiger partial charge in [-0.05, 0) is 32.0 Å². The lowest BCUT2D eigenvalue weighted by molar-refractivity contribution is 0.337. The van der Waals surface area contributed by atoms with E-state index in [1.807, 2.05) is 6.07 Å². The minimum atomic E-state index is 0.840. The Morgan fingerprint density at radius 3 is 3.00 bits per heavy atom. The van der Waals surface area contributed by atoms with Crippen LogP contribution >= 0.6 is 11.3 Å². The fraction of sp³-hybridized carbons (Fsp3) is 0.462. The molecule has 0 amide bonds. The highest BCUT2D eigenvalue weighted by molar-refractivity contribution is 7.22. The van der Waals surface area contributed by atoms with E-state index in [0.29, 0.717) is 0 Å². The standard InChI is InChI=1S/C13H17N3S/c1-16(10-6-7-10)9-8-14-13-15-11-4-2-3-5-12(11)17-13/h2-5,10H,6-9H2,1H3,(H,14,15). The minimum absolute atomic E-state index is 0.840. The highest BCUT2D eigenvalue weighted by Gasteiger charge is 2.25. The lowest BCUT2D eigenvalue weighted by Crippen LogP contribution is -2.26. The molecule has 1 N–H and O–H groups in total. The Morgan fingerprint density at radius 2 is 2.24 bits per heavy atom. The van der Waals surface area contributed by atoms with Crippen LogP contribution in [0.3, 0.4) is 0 Å². The molecular formula is C13H17N3S. The molecule has 2 aromatic rings. The molecule has 0 saturated heterocycles. The molecule has 1 fully saturated rings. The van der Waals surface area contributed by atoms with E-state index in [1.54, 1.807) is 11.3 Å². The Labute approximate surface area is 105 Å². The van der Waals surface area contributed by atoms with Gasteiger partial charge >= 0.3 is 0 Å². The predicted octanol–water partition coefficient (Wildman–Crippen LogP) is 2.80. The van der Waals surface area contributed by atoms with Crippen LogP contribution in [0, 0.1) is 0 Å².